The van der Waals surface area contributed by atoms with Gasteiger partial charge < -0.3 is 25.6 Å². The van der Waals surface area contributed by atoms with E-state index in [1.807, 2.05) is 30.3 Å². The molecular formula is C22H23ClN4O3. The first-order valence-corrected chi connectivity index (χ1v) is 10.2. The fraction of sp³-hybridized carbons (Fsp3) is 0.273. The Morgan fingerprint density at radius 1 is 1.17 bits per heavy atom. The Balaban J connectivity index is 1.31. The zero-order valence-corrected chi connectivity index (χ0v) is 17.1. The molecule has 0 fully saturated rings. The summed E-state index contributed by atoms with van der Waals surface area (Å²) in [7, 11) is 0. The summed E-state index contributed by atoms with van der Waals surface area (Å²) in [5.74, 6) is -0.295. The second-order valence-electron chi connectivity index (χ2n) is 7.32. The molecule has 30 heavy (non-hydrogen) atoms. The number of H-pyrrole nitrogens is 1. The summed E-state index contributed by atoms with van der Waals surface area (Å²) in [6.07, 6.45) is 1.31. The highest BCUT2D eigenvalue weighted by Crippen LogP contribution is 2.29. The van der Waals surface area contributed by atoms with Gasteiger partial charge in [-0.05, 0) is 54.3 Å². The molecule has 0 saturated carbocycles. The number of anilines is 1. The highest BCUT2D eigenvalue weighted by molar-refractivity contribution is 6.31. The highest BCUT2D eigenvalue weighted by Gasteiger charge is 2.24. The predicted octanol–water partition coefficient (Wildman–Crippen LogP) is 3.06. The van der Waals surface area contributed by atoms with Crippen LogP contribution in [0.3, 0.4) is 0 Å². The molecule has 2 heterocycles. The van der Waals surface area contributed by atoms with Crippen molar-refractivity contribution in [3.63, 3.8) is 0 Å². The summed E-state index contributed by atoms with van der Waals surface area (Å²) in [6.45, 7) is 1.01. The van der Waals surface area contributed by atoms with E-state index in [2.05, 4.69) is 15.6 Å². The molecule has 1 aromatic heterocycles. The van der Waals surface area contributed by atoms with E-state index >= 15 is 0 Å². The van der Waals surface area contributed by atoms with Crippen molar-refractivity contribution in [1.29, 1.82) is 0 Å². The van der Waals surface area contributed by atoms with E-state index in [1.54, 1.807) is 17.0 Å². The molecule has 0 atom stereocenters. The summed E-state index contributed by atoms with van der Waals surface area (Å²) < 4.78 is 0. The van der Waals surface area contributed by atoms with Crippen LogP contribution >= 0.6 is 11.6 Å². The van der Waals surface area contributed by atoms with Crippen LogP contribution in [-0.4, -0.2) is 46.6 Å². The average Bonchev–Trinajstić information content (AvgIpc) is 3.10. The summed E-state index contributed by atoms with van der Waals surface area (Å²) in [5.41, 5.74) is 4.85. The maximum atomic E-state index is 12.5. The van der Waals surface area contributed by atoms with Crippen LogP contribution in [0.2, 0.25) is 5.02 Å². The molecular weight excluding hydrogens is 404 g/mol. The Kier molecular flexibility index (Phi) is 5.92. The van der Waals surface area contributed by atoms with Crippen molar-refractivity contribution < 1.29 is 14.7 Å². The lowest BCUT2D eigenvalue weighted by molar-refractivity contribution is -0.115. The van der Waals surface area contributed by atoms with Crippen molar-refractivity contribution in [2.24, 2.45) is 0 Å². The zero-order valence-electron chi connectivity index (χ0n) is 16.4. The van der Waals surface area contributed by atoms with Crippen LogP contribution in [0.1, 0.15) is 16.8 Å². The second-order valence-corrected chi connectivity index (χ2v) is 7.76. The smallest absolute Gasteiger partial charge is 0.318 e. The topological polar surface area (TPSA) is 97.5 Å². The van der Waals surface area contributed by atoms with E-state index in [4.69, 9.17) is 16.7 Å². The maximum absolute atomic E-state index is 12.5. The molecule has 1 aliphatic heterocycles. The molecule has 0 saturated heterocycles. The van der Waals surface area contributed by atoms with E-state index < -0.39 is 0 Å². The van der Waals surface area contributed by atoms with Crippen LogP contribution in [0, 0.1) is 0 Å². The first-order valence-electron chi connectivity index (χ1n) is 9.85. The van der Waals surface area contributed by atoms with E-state index in [0.717, 1.165) is 28.6 Å². The number of aliphatic hydroxyl groups excluding tert-OH is 1. The number of aromatic amines is 1. The molecule has 156 valence electrons. The molecule has 4 N–H and O–H groups in total. The number of benzene rings is 2. The molecule has 0 bridgehead atoms. The number of urea groups is 1. The number of hydrogen-bond acceptors (Lipinski definition) is 3. The lowest BCUT2D eigenvalue weighted by Crippen LogP contribution is -2.45. The van der Waals surface area contributed by atoms with Gasteiger partial charge >= 0.3 is 6.03 Å². The van der Waals surface area contributed by atoms with Crippen LogP contribution in [0.5, 0.6) is 0 Å². The standard InChI is InChI=1S/C22H23ClN4O3/c23-15-3-6-19-18(11-15)17-7-9-27(13-20(17)26-19)22(30)24-12-21(29)25-16-4-1-14(2-5-16)8-10-28/h1-6,11,26,28H,7-10,12-13H2,(H,24,30)(H,25,29). The number of aliphatic hydroxyl groups is 1. The number of rotatable bonds is 5. The maximum Gasteiger partial charge on any atom is 0.318 e. The van der Waals surface area contributed by atoms with Gasteiger partial charge in [0.2, 0.25) is 5.91 Å². The lowest BCUT2D eigenvalue weighted by atomic mass is 10.0. The molecule has 8 heteroatoms. The molecule has 3 amide bonds. The molecule has 0 unspecified atom stereocenters. The summed E-state index contributed by atoms with van der Waals surface area (Å²) >= 11 is 6.11. The van der Waals surface area contributed by atoms with Crippen molar-refractivity contribution in [3.8, 4) is 0 Å². The minimum absolute atomic E-state index is 0.0853. The molecule has 0 aliphatic carbocycles. The number of nitrogens with one attached hydrogen (secondary N) is 3. The van der Waals surface area contributed by atoms with Crippen molar-refractivity contribution >= 4 is 40.1 Å². The van der Waals surface area contributed by atoms with Crippen molar-refractivity contribution in [3.05, 3.63) is 64.3 Å². The summed E-state index contributed by atoms with van der Waals surface area (Å²) in [4.78, 5) is 29.7. The molecule has 2 aromatic carbocycles. The van der Waals surface area contributed by atoms with Gasteiger partial charge in [0.1, 0.15) is 0 Å². The Bertz CT molecular complexity index is 1080. The van der Waals surface area contributed by atoms with Crippen LogP contribution in [0.25, 0.3) is 10.9 Å². The van der Waals surface area contributed by atoms with Gasteiger partial charge in [-0.1, -0.05) is 23.7 Å². The number of carbonyl (C=O) groups is 2. The van der Waals surface area contributed by atoms with Gasteiger partial charge in [0.05, 0.1) is 13.1 Å². The first-order chi connectivity index (χ1) is 14.5. The van der Waals surface area contributed by atoms with Crippen LogP contribution in [0.15, 0.2) is 42.5 Å². The monoisotopic (exact) mass is 426 g/mol. The van der Waals surface area contributed by atoms with Gasteiger partial charge in [0.25, 0.3) is 0 Å². The SMILES string of the molecule is O=C(CNC(=O)N1CCc2c([nH]c3ccc(Cl)cc23)C1)Nc1ccc(CCO)cc1. The average molecular weight is 427 g/mol. The Morgan fingerprint density at radius 3 is 2.73 bits per heavy atom. The number of fused-ring (bicyclic) bond motifs is 3. The van der Waals surface area contributed by atoms with E-state index in [1.165, 1.54) is 5.56 Å². The number of hydrogen-bond donors (Lipinski definition) is 4. The predicted molar refractivity (Wildman–Crippen MR) is 117 cm³/mol. The molecule has 7 nitrogen and oxygen atoms in total. The molecule has 3 aromatic rings. The minimum Gasteiger partial charge on any atom is -0.396 e. The number of amides is 3. The molecule has 1 aliphatic rings. The number of aromatic nitrogens is 1. The summed E-state index contributed by atoms with van der Waals surface area (Å²) in [5, 5.41) is 16.2. The quantitative estimate of drug-likeness (QED) is 0.504. The fourth-order valence-corrected chi connectivity index (χ4v) is 3.92. The van der Waals surface area contributed by atoms with E-state index in [9.17, 15) is 9.59 Å². The molecule has 0 spiro atoms. The third-order valence-corrected chi connectivity index (χ3v) is 5.50. The van der Waals surface area contributed by atoms with Crippen molar-refractivity contribution in [1.82, 2.24) is 15.2 Å². The largest absolute Gasteiger partial charge is 0.396 e. The third kappa shape index (κ3) is 4.42. The Hall–Kier alpha value is -3.03. The van der Waals surface area contributed by atoms with Crippen LogP contribution < -0.4 is 10.6 Å². The molecule has 4 rings (SSSR count). The normalized spacial score (nSPS) is 13.2. The van der Waals surface area contributed by atoms with Crippen LogP contribution in [0.4, 0.5) is 10.5 Å². The Labute approximate surface area is 179 Å². The van der Waals surface area contributed by atoms with E-state index in [-0.39, 0.29) is 25.1 Å². The second kappa shape index (κ2) is 8.77. The van der Waals surface area contributed by atoms with Gasteiger partial charge in [-0.2, -0.15) is 0 Å². The summed E-state index contributed by atoms with van der Waals surface area (Å²) in [6, 6.07) is 12.7. The molecule has 0 radical (unpaired) electrons. The number of carbonyl (C=O) groups excluding carboxylic acids is 2. The zero-order chi connectivity index (χ0) is 21.1. The van der Waals surface area contributed by atoms with Gasteiger partial charge in [-0.3, -0.25) is 4.79 Å². The lowest BCUT2D eigenvalue weighted by Gasteiger charge is -2.27. The van der Waals surface area contributed by atoms with Crippen molar-refractivity contribution in [2.45, 2.75) is 19.4 Å². The van der Waals surface area contributed by atoms with Gasteiger partial charge in [-0.25, -0.2) is 4.79 Å². The fourth-order valence-electron chi connectivity index (χ4n) is 3.74. The Morgan fingerprint density at radius 2 is 1.97 bits per heavy atom. The van der Waals surface area contributed by atoms with Gasteiger partial charge in [0.15, 0.2) is 0 Å². The van der Waals surface area contributed by atoms with Crippen molar-refractivity contribution in [2.75, 3.05) is 25.0 Å². The minimum atomic E-state index is -0.295. The van der Waals surface area contributed by atoms with Gasteiger partial charge in [0, 0.05) is 40.5 Å². The third-order valence-electron chi connectivity index (χ3n) is 5.26. The van der Waals surface area contributed by atoms with Crippen LogP contribution in [-0.2, 0) is 24.2 Å². The highest BCUT2D eigenvalue weighted by atomic mass is 35.5. The van der Waals surface area contributed by atoms with Gasteiger partial charge in [-0.15, -0.1) is 0 Å². The number of halogens is 1. The van der Waals surface area contributed by atoms with E-state index in [0.29, 0.717) is 30.2 Å². The number of nitrogens with zero attached hydrogens (tertiary/aromatic N) is 1. The first kappa shape index (κ1) is 20.3.